The fraction of sp³-hybridized carbons (Fsp3) is 0.667. The van der Waals surface area contributed by atoms with Crippen LogP contribution in [0.2, 0.25) is 0 Å². The standard InChI is InChI=1S/C9H16N2O/c1-5-12-8(4)9-6(2)10-11-7(9)3/h8H,5H2,1-4H3,(H,10,11)/t8-/m0/s1. The lowest BCUT2D eigenvalue weighted by atomic mass is 10.1. The molecule has 0 amide bonds. The van der Waals surface area contributed by atoms with Crippen molar-refractivity contribution < 1.29 is 4.74 Å². The molecule has 1 N–H and O–H groups in total. The van der Waals surface area contributed by atoms with E-state index in [9.17, 15) is 0 Å². The number of nitrogens with one attached hydrogen (secondary N) is 1. The second kappa shape index (κ2) is 3.72. The molecule has 0 saturated heterocycles. The van der Waals surface area contributed by atoms with E-state index in [1.165, 1.54) is 5.56 Å². The minimum absolute atomic E-state index is 0.147. The van der Waals surface area contributed by atoms with Crippen molar-refractivity contribution in [3.8, 4) is 0 Å². The minimum Gasteiger partial charge on any atom is -0.374 e. The van der Waals surface area contributed by atoms with E-state index < -0.39 is 0 Å². The average Bonchev–Trinajstić information content (AvgIpc) is 2.32. The molecule has 1 aromatic rings. The molecule has 0 aromatic carbocycles. The Hall–Kier alpha value is -0.830. The third-order valence-corrected chi connectivity index (χ3v) is 2.01. The number of rotatable bonds is 3. The molecule has 0 spiro atoms. The Morgan fingerprint density at radius 3 is 2.58 bits per heavy atom. The molecule has 0 saturated carbocycles. The van der Waals surface area contributed by atoms with Crippen molar-refractivity contribution in [3.05, 3.63) is 17.0 Å². The summed E-state index contributed by atoms with van der Waals surface area (Å²) < 4.78 is 5.49. The maximum absolute atomic E-state index is 5.49. The van der Waals surface area contributed by atoms with Crippen LogP contribution in [0.3, 0.4) is 0 Å². The molecule has 0 radical (unpaired) electrons. The number of ether oxygens (including phenoxy) is 1. The van der Waals surface area contributed by atoms with Gasteiger partial charge in [0.05, 0.1) is 11.8 Å². The van der Waals surface area contributed by atoms with Gasteiger partial charge in [-0.1, -0.05) is 0 Å². The zero-order valence-corrected chi connectivity index (χ0v) is 8.14. The van der Waals surface area contributed by atoms with Crippen LogP contribution in [-0.4, -0.2) is 16.8 Å². The molecule has 3 nitrogen and oxygen atoms in total. The molecule has 12 heavy (non-hydrogen) atoms. The SMILES string of the molecule is CCO[C@@H](C)c1c(C)n[nH]c1C. The Morgan fingerprint density at radius 1 is 1.50 bits per heavy atom. The number of aromatic nitrogens is 2. The molecule has 1 atom stereocenters. The molecule has 0 aliphatic rings. The van der Waals surface area contributed by atoms with E-state index in [0.717, 1.165) is 18.0 Å². The molecule has 3 heteroatoms. The summed E-state index contributed by atoms with van der Waals surface area (Å²) in [5.74, 6) is 0. The number of aryl methyl sites for hydroxylation is 2. The summed E-state index contributed by atoms with van der Waals surface area (Å²) in [7, 11) is 0. The molecule has 1 aromatic heterocycles. The van der Waals surface area contributed by atoms with E-state index in [4.69, 9.17) is 4.74 Å². The first-order chi connectivity index (χ1) is 5.66. The van der Waals surface area contributed by atoms with Crippen molar-refractivity contribution in [2.45, 2.75) is 33.8 Å². The first-order valence-electron chi connectivity index (χ1n) is 4.29. The Balaban J connectivity index is 2.85. The van der Waals surface area contributed by atoms with Gasteiger partial charge >= 0.3 is 0 Å². The molecular formula is C9H16N2O. The summed E-state index contributed by atoms with van der Waals surface area (Å²) in [5.41, 5.74) is 3.33. The summed E-state index contributed by atoms with van der Waals surface area (Å²) in [6.45, 7) is 8.81. The topological polar surface area (TPSA) is 37.9 Å². The third kappa shape index (κ3) is 1.67. The molecule has 0 fully saturated rings. The highest BCUT2D eigenvalue weighted by Gasteiger charge is 2.13. The highest BCUT2D eigenvalue weighted by atomic mass is 16.5. The van der Waals surface area contributed by atoms with Gasteiger partial charge in [0.2, 0.25) is 0 Å². The fourth-order valence-electron chi connectivity index (χ4n) is 1.49. The van der Waals surface area contributed by atoms with Crippen molar-refractivity contribution in [2.24, 2.45) is 0 Å². The van der Waals surface area contributed by atoms with Gasteiger partial charge in [0, 0.05) is 17.9 Å². The van der Waals surface area contributed by atoms with Crippen LogP contribution in [0, 0.1) is 13.8 Å². The zero-order valence-electron chi connectivity index (χ0n) is 8.14. The minimum atomic E-state index is 0.147. The van der Waals surface area contributed by atoms with Crippen molar-refractivity contribution >= 4 is 0 Å². The van der Waals surface area contributed by atoms with Crippen LogP contribution >= 0.6 is 0 Å². The monoisotopic (exact) mass is 168 g/mol. The van der Waals surface area contributed by atoms with Crippen LogP contribution in [0.1, 0.15) is 36.9 Å². The molecule has 1 heterocycles. The van der Waals surface area contributed by atoms with E-state index in [1.807, 2.05) is 27.7 Å². The molecule has 0 bridgehead atoms. The van der Waals surface area contributed by atoms with E-state index in [2.05, 4.69) is 10.2 Å². The quantitative estimate of drug-likeness (QED) is 0.750. The highest BCUT2D eigenvalue weighted by molar-refractivity contribution is 5.25. The van der Waals surface area contributed by atoms with Gasteiger partial charge in [0.25, 0.3) is 0 Å². The van der Waals surface area contributed by atoms with E-state index in [1.54, 1.807) is 0 Å². The lowest BCUT2D eigenvalue weighted by Crippen LogP contribution is -2.01. The molecular weight excluding hydrogens is 152 g/mol. The van der Waals surface area contributed by atoms with Crippen molar-refractivity contribution in [1.82, 2.24) is 10.2 Å². The number of hydrogen-bond donors (Lipinski definition) is 1. The van der Waals surface area contributed by atoms with Crippen LogP contribution in [0.4, 0.5) is 0 Å². The van der Waals surface area contributed by atoms with Gasteiger partial charge in [-0.25, -0.2) is 0 Å². The highest BCUT2D eigenvalue weighted by Crippen LogP contribution is 2.21. The summed E-state index contributed by atoms with van der Waals surface area (Å²) in [4.78, 5) is 0. The van der Waals surface area contributed by atoms with Gasteiger partial charge in [0.15, 0.2) is 0 Å². The van der Waals surface area contributed by atoms with Gasteiger partial charge in [-0.3, -0.25) is 5.10 Å². The number of nitrogens with zero attached hydrogens (tertiary/aromatic N) is 1. The third-order valence-electron chi connectivity index (χ3n) is 2.01. The summed E-state index contributed by atoms with van der Waals surface area (Å²) in [6.07, 6.45) is 0.147. The predicted molar refractivity (Wildman–Crippen MR) is 48.1 cm³/mol. The second-order valence-corrected chi connectivity index (χ2v) is 2.95. The van der Waals surface area contributed by atoms with Crippen LogP contribution < -0.4 is 0 Å². The van der Waals surface area contributed by atoms with Crippen molar-refractivity contribution in [3.63, 3.8) is 0 Å². The maximum Gasteiger partial charge on any atom is 0.0832 e. The number of hydrogen-bond acceptors (Lipinski definition) is 2. The van der Waals surface area contributed by atoms with Gasteiger partial charge < -0.3 is 4.74 Å². The van der Waals surface area contributed by atoms with Crippen LogP contribution in [0.25, 0.3) is 0 Å². The van der Waals surface area contributed by atoms with Crippen LogP contribution in [0.5, 0.6) is 0 Å². The number of aromatic amines is 1. The zero-order chi connectivity index (χ0) is 9.14. The van der Waals surface area contributed by atoms with Crippen molar-refractivity contribution in [1.29, 1.82) is 0 Å². The first kappa shape index (κ1) is 9.26. The van der Waals surface area contributed by atoms with Gasteiger partial charge in [-0.2, -0.15) is 5.10 Å². The van der Waals surface area contributed by atoms with E-state index in [-0.39, 0.29) is 6.10 Å². The first-order valence-corrected chi connectivity index (χ1v) is 4.29. The van der Waals surface area contributed by atoms with E-state index >= 15 is 0 Å². The Morgan fingerprint density at radius 2 is 2.17 bits per heavy atom. The molecule has 0 aliphatic heterocycles. The van der Waals surface area contributed by atoms with Crippen LogP contribution in [0.15, 0.2) is 0 Å². The van der Waals surface area contributed by atoms with Gasteiger partial charge in [-0.15, -0.1) is 0 Å². The summed E-state index contributed by atoms with van der Waals surface area (Å²) in [5, 5.41) is 7.06. The lowest BCUT2D eigenvalue weighted by Gasteiger charge is -2.11. The maximum atomic E-state index is 5.49. The van der Waals surface area contributed by atoms with Crippen molar-refractivity contribution in [2.75, 3.05) is 6.61 Å². The Labute approximate surface area is 73.1 Å². The molecule has 0 unspecified atom stereocenters. The fourth-order valence-corrected chi connectivity index (χ4v) is 1.49. The molecule has 0 aliphatic carbocycles. The average molecular weight is 168 g/mol. The smallest absolute Gasteiger partial charge is 0.0832 e. The molecule has 1 rings (SSSR count). The molecule has 68 valence electrons. The Kier molecular flexibility index (Phi) is 2.87. The number of H-pyrrole nitrogens is 1. The normalized spacial score (nSPS) is 13.3. The largest absolute Gasteiger partial charge is 0.374 e. The predicted octanol–water partition coefficient (Wildman–Crippen LogP) is 2.12. The van der Waals surface area contributed by atoms with E-state index in [0.29, 0.717) is 0 Å². The second-order valence-electron chi connectivity index (χ2n) is 2.95. The summed E-state index contributed by atoms with van der Waals surface area (Å²) >= 11 is 0. The van der Waals surface area contributed by atoms with Gasteiger partial charge in [-0.05, 0) is 27.7 Å². The Bertz CT molecular complexity index is 236. The lowest BCUT2D eigenvalue weighted by molar-refractivity contribution is 0.0755. The van der Waals surface area contributed by atoms with Gasteiger partial charge in [0.1, 0.15) is 0 Å². The van der Waals surface area contributed by atoms with Crippen LogP contribution in [-0.2, 0) is 4.74 Å². The summed E-state index contributed by atoms with van der Waals surface area (Å²) in [6, 6.07) is 0.